The van der Waals surface area contributed by atoms with Crippen LogP contribution in [0.25, 0.3) is 11.0 Å². The van der Waals surface area contributed by atoms with Gasteiger partial charge in [-0.1, -0.05) is 12.1 Å². The van der Waals surface area contributed by atoms with E-state index in [4.69, 9.17) is 14.5 Å². The number of rotatable bonds is 6. The Balaban J connectivity index is 1.36. The van der Waals surface area contributed by atoms with Crippen molar-refractivity contribution in [3.05, 3.63) is 72.1 Å². The Morgan fingerprint density at radius 2 is 1.84 bits per heavy atom. The van der Waals surface area contributed by atoms with E-state index in [1.54, 1.807) is 18.0 Å². The Morgan fingerprint density at radius 1 is 1.10 bits per heavy atom. The lowest BCUT2D eigenvalue weighted by Crippen LogP contribution is -2.13. The van der Waals surface area contributed by atoms with E-state index in [2.05, 4.69) is 10.4 Å². The predicted octanol–water partition coefficient (Wildman–Crippen LogP) is 4.90. The Labute approximate surface area is 179 Å². The highest BCUT2D eigenvalue weighted by atomic mass is 16.5. The van der Waals surface area contributed by atoms with Gasteiger partial charge >= 0.3 is 0 Å². The molecule has 7 nitrogen and oxygen atoms in total. The third-order valence-electron chi connectivity index (χ3n) is 5.37. The second-order valence-corrected chi connectivity index (χ2v) is 7.61. The van der Waals surface area contributed by atoms with Gasteiger partial charge in [-0.2, -0.15) is 5.10 Å². The molecule has 5 rings (SSSR count). The van der Waals surface area contributed by atoms with Gasteiger partial charge in [-0.15, -0.1) is 0 Å². The first-order chi connectivity index (χ1) is 15.1. The van der Waals surface area contributed by atoms with Crippen LogP contribution in [0, 0.1) is 0 Å². The number of aryl methyl sites for hydroxylation is 1. The van der Waals surface area contributed by atoms with Crippen molar-refractivity contribution in [3.63, 3.8) is 0 Å². The van der Waals surface area contributed by atoms with Crippen molar-refractivity contribution in [2.45, 2.75) is 18.8 Å². The summed E-state index contributed by atoms with van der Waals surface area (Å²) in [4.78, 5) is 17.8. The van der Waals surface area contributed by atoms with Crippen LogP contribution in [0.4, 0.5) is 5.69 Å². The van der Waals surface area contributed by atoms with Crippen molar-refractivity contribution < 1.29 is 14.3 Å². The number of pyridine rings is 1. The first kappa shape index (κ1) is 19.1. The Bertz CT molecular complexity index is 1260. The molecule has 4 aromatic rings. The van der Waals surface area contributed by atoms with E-state index in [0.29, 0.717) is 34.4 Å². The molecule has 1 fully saturated rings. The lowest BCUT2D eigenvalue weighted by Gasteiger charge is -2.11. The molecule has 0 radical (unpaired) electrons. The number of anilines is 1. The van der Waals surface area contributed by atoms with Gasteiger partial charge < -0.3 is 14.8 Å². The van der Waals surface area contributed by atoms with Gasteiger partial charge in [0.15, 0.2) is 17.1 Å². The SMILES string of the molecule is COc1ccccc1Oc1ccc(NC(=O)c2cc(C3CC3)nc3c2cnn3C)cc1. The molecule has 1 saturated carbocycles. The third-order valence-corrected chi connectivity index (χ3v) is 5.37. The number of nitrogens with one attached hydrogen (secondary N) is 1. The number of hydrogen-bond donors (Lipinski definition) is 1. The number of amides is 1. The summed E-state index contributed by atoms with van der Waals surface area (Å²) in [6, 6.07) is 16.6. The quantitative estimate of drug-likeness (QED) is 0.486. The van der Waals surface area contributed by atoms with E-state index < -0.39 is 0 Å². The molecule has 7 heteroatoms. The number of hydrogen-bond acceptors (Lipinski definition) is 5. The predicted molar refractivity (Wildman–Crippen MR) is 118 cm³/mol. The minimum atomic E-state index is -0.180. The smallest absolute Gasteiger partial charge is 0.256 e. The van der Waals surface area contributed by atoms with Gasteiger partial charge in [-0.3, -0.25) is 9.48 Å². The zero-order chi connectivity index (χ0) is 21.4. The number of carbonyl (C=O) groups is 1. The van der Waals surface area contributed by atoms with Crippen molar-refractivity contribution >= 4 is 22.6 Å². The molecule has 1 aliphatic rings. The molecule has 1 N–H and O–H groups in total. The normalized spacial score (nSPS) is 13.2. The molecule has 2 aromatic carbocycles. The van der Waals surface area contributed by atoms with Crippen LogP contribution < -0.4 is 14.8 Å². The van der Waals surface area contributed by atoms with Crippen LogP contribution in [0.3, 0.4) is 0 Å². The molecule has 1 amide bonds. The maximum atomic E-state index is 13.1. The number of benzene rings is 2. The van der Waals surface area contributed by atoms with Crippen molar-refractivity contribution in [1.82, 2.24) is 14.8 Å². The number of para-hydroxylation sites is 2. The Hall–Kier alpha value is -3.87. The van der Waals surface area contributed by atoms with Crippen molar-refractivity contribution in [1.29, 1.82) is 0 Å². The standard InChI is InChI=1S/C24H22N4O3/c1-28-23-19(14-25-28)18(13-20(27-23)15-7-8-15)24(29)26-16-9-11-17(12-10-16)31-22-6-4-3-5-21(22)30-2/h3-6,9-15H,7-8H2,1-2H3,(H,26,29). The van der Waals surface area contributed by atoms with Crippen LogP contribution in [-0.2, 0) is 7.05 Å². The summed E-state index contributed by atoms with van der Waals surface area (Å²) in [5.41, 5.74) is 2.96. The van der Waals surface area contributed by atoms with Crippen LogP contribution in [-0.4, -0.2) is 27.8 Å². The summed E-state index contributed by atoms with van der Waals surface area (Å²) in [7, 11) is 3.45. The molecule has 156 valence electrons. The lowest BCUT2D eigenvalue weighted by molar-refractivity contribution is 0.102. The molecule has 31 heavy (non-hydrogen) atoms. The number of carbonyl (C=O) groups excluding carboxylic acids is 1. The number of ether oxygens (including phenoxy) is 2. The highest BCUT2D eigenvalue weighted by Crippen LogP contribution is 2.40. The average molecular weight is 414 g/mol. The van der Waals surface area contributed by atoms with Crippen molar-refractivity contribution in [2.75, 3.05) is 12.4 Å². The van der Waals surface area contributed by atoms with Gasteiger partial charge in [-0.25, -0.2) is 4.98 Å². The first-order valence-electron chi connectivity index (χ1n) is 10.2. The fourth-order valence-electron chi connectivity index (χ4n) is 3.54. The summed E-state index contributed by atoms with van der Waals surface area (Å²) in [6.07, 6.45) is 3.92. The second-order valence-electron chi connectivity index (χ2n) is 7.61. The molecule has 0 aliphatic heterocycles. The molecular formula is C24H22N4O3. The van der Waals surface area contributed by atoms with Crippen molar-refractivity contribution in [3.8, 4) is 17.2 Å². The molecule has 0 unspecified atom stereocenters. The summed E-state index contributed by atoms with van der Waals surface area (Å²) >= 11 is 0. The van der Waals surface area contributed by atoms with E-state index in [9.17, 15) is 4.79 Å². The van der Waals surface area contributed by atoms with E-state index in [0.717, 1.165) is 29.6 Å². The van der Waals surface area contributed by atoms with Gasteiger partial charge in [0.25, 0.3) is 5.91 Å². The maximum Gasteiger partial charge on any atom is 0.256 e. The summed E-state index contributed by atoms with van der Waals surface area (Å²) < 4.78 is 12.9. The van der Waals surface area contributed by atoms with E-state index in [1.807, 2.05) is 61.6 Å². The summed E-state index contributed by atoms with van der Waals surface area (Å²) in [6.45, 7) is 0. The monoisotopic (exact) mass is 414 g/mol. The molecular weight excluding hydrogens is 392 g/mol. The summed E-state index contributed by atoms with van der Waals surface area (Å²) in [5, 5.41) is 8.01. The second kappa shape index (κ2) is 7.75. The maximum absolute atomic E-state index is 13.1. The highest BCUT2D eigenvalue weighted by Gasteiger charge is 2.27. The van der Waals surface area contributed by atoms with Crippen LogP contribution >= 0.6 is 0 Å². The molecule has 2 heterocycles. The van der Waals surface area contributed by atoms with Gasteiger partial charge in [0.2, 0.25) is 0 Å². The number of nitrogens with zero attached hydrogens (tertiary/aromatic N) is 3. The molecule has 0 saturated heterocycles. The molecule has 1 aliphatic carbocycles. The lowest BCUT2D eigenvalue weighted by atomic mass is 10.1. The third kappa shape index (κ3) is 3.82. The number of fused-ring (bicyclic) bond motifs is 1. The van der Waals surface area contributed by atoms with Gasteiger partial charge in [0.1, 0.15) is 5.75 Å². The minimum Gasteiger partial charge on any atom is -0.493 e. The van der Waals surface area contributed by atoms with Crippen LogP contribution in [0.2, 0.25) is 0 Å². The van der Waals surface area contributed by atoms with Gasteiger partial charge in [-0.05, 0) is 55.3 Å². The van der Waals surface area contributed by atoms with Crippen LogP contribution in [0.15, 0.2) is 60.8 Å². The van der Waals surface area contributed by atoms with E-state index in [-0.39, 0.29) is 5.91 Å². The fraction of sp³-hybridized carbons (Fsp3) is 0.208. The van der Waals surface area contributed by atoms with Gasteiger partial charge in [0.05, 0.1) is 24.3 Å². The topological polar surface area (TPSA) is 78.3 Å². The Morgan fingerprint density at radius 3 is 2.55 bits per heavy atom. The van der Waals surface area contributed by atoms with Crippen LogP contribution in [0.1, 0.15) is 34.8 Å². The number of aromatic nitrogens is 3. The largest absolute Gasteiger partial charge is 0.493 e. The van der Waals surface area contributed by atoms with Crippen LogP contribution in [0.5, 0.6) is 17.2 Å². The molecule has 0 atom stereocenters. The van der Waals surface area contributed by atoms with Gasteiger partial charge in [0, 0.05) is 24.3 Å². The van der Waals surface area contributed by atoms with Crippen molar-refractivity contribution in [2.24, 2.45) is 7.05 Å². The fourth-order valence-corrected chi connectivity index (χ4v) is 3.54. The Kier molecular flexibility index (Phi) is 4.78. The van der Waals surface area contributed by atoms with E-state index in [1.165, 1.54) is 0 Å². The first-order valence-corrected chi connectivity index (χ1v) is 10.2. The van der Waals surface area contributed by atoms with E-state index >= 15 is 0 Å². The minimum absolute atomic E-state index is 0.180. The zero-order valence-electron chi connectivity index (χ0n) is 17.3. The molecule has 0 bridgehead atoms. The average Bonchev–Trinajstić information content (AvgIpc) is 3.58. The molecule has 0 spiro atoms. The summed E-state index contributed by atoms with van der Waals surface area (Å²) in [5.74, 6) is 2.20. The number of methoxy groups -OCH3 is 1. The highest BCUT2D eigenvalue weighted by molar-refractivity contribution is 6.12. The molecule has 2 aromatic heterocycles. The zero-order valence-corrected chi connectivity index (χ0v) is 17.3.